The van der Waals surface area contributed by atoms with Crippen molar-refractivity contribution in [3.63, 3.8) is 0 Å². The number of amides is 1. The molecule has 196 valence electrons. The van der Waals surface area contributed by atoms with Gasteiger partial charge in [0.2, 0.25) is 11.7 Å². The van der Waals surface area contributed by atoms with E-state index in [0.717, 1.165) is 6.20 Å². The first kappa shape index (κ1) is 27.0. The average Bonchev–Trinajstić information content (AvgIpc) is 3.10. The number of halogens is 3. The van der Waals surface area contributed by atoms with Crippen molar-refractivity contribution in [2.45, 2.75) is 50.2 Å². The molecule has 3 N–H and O–H groups in total. The summed E-state index contributed by atoms with van der Waals surface area (Å²) in [7, 11) is 0. The molecule has 4 atom stereocenters. The van der Waals surface area contributed by atoms with Crippen LogP contribution in [0.3, 0.4) is 0 Å². The molecule has 2 saturated heterocycles. The van der Waals surface area contributed by atoms with E-state index in [-0.39, 0.29) is 38.8 Å². The highest BCUT2D eigenvalue weighted by atomic mass is 19.4. The Balaban J connectivity index is 1.51. The number of hydrogen-bond acceptors (Lipinski definition) is 10. The zero-order valence-electron chi connectivity index (χ0n) is 19.0. The smallest absolute Gasteiger partial charge is 0.451 e. The van der Waals surface area contributed by atoms with Crippen molar-refractivity contribution >= 4 is 17.7 Å². The summed E-state index contributed by atoms with van der Waals surface area (Å²) >= 11 is 0. The molecular weight excluding hydrogens is 481 g/mol. The van der Waals surface area contributed by atoms with E-state index in [2.05, 4.69) is 20.6 Å². The molecule has 0 radical (unpaired) electrons. The van der Waals surface area contributed by atoms with Gasteiger partial charge in [0.05, 0.1) is 25.9 Å². The highest BCUT2D eigenvalue weighted by Gasteiger charge is 2.52. The van der Waals surface area contributed by atoms with Crippen molar-refractivity contribution < 1.29 is 51.6 Å². The Morgan fingerprint density at radius 2 is 1.89 bits per heavy atom. The molecule has 0 spiro atoms. The third kappa shape index (κ3) is 7.96. The summed E-state index contributed by atoms with van der Waals surface area (Å²) < 4.78 is 66.5. The standard InChI is InChI=1S/C20H27F3N4O8/c1-19(2)34-16-11(26-13-3-4-24-18(27-13)20(21,22)23)8-33-12(17(16)35-19)7-25-14(28)9-31-5-6-32-10-15(29)30/h3-4,11-12,16-17H,5-10H2,1-2H3,(H,25,28)(H,29,30)(H,24,26,27)/t11-,12+,16+,17-/m0/s1. The summed E-state index contributed by atoms with van der Waals surface area (Å²) in [5.74, 6) is -3.81. The normalized spacial score (nSPS) is 25.6. The fourth-order valence-electron chi connectivity index (χ4n) is 3.60. The lowest BCUT2D eigenvalue weighted by molar-refractivity contribution is -0.154. The van der Waals surface area contributed by atoms with Crippen molar-refractivity contribution in [2.24, 2.45) is 0 Å². The van der Waals surface area contributed by atoms with E-state index in [1.165, 1.54) is 6.07 Å². The Labute approximate surface area is 198 Å². The summed E-state index contributed by atoms with van der Waals surface area (Å²) in [6.07, 6.45) is -5.47. The maximum Gasteiger partial charge on any atom is 0.451 e. The van der Waals surface area contributed by atoms with Crippen LogP contribution >= 0.6 is 0 Å². The fraction of sp³-hybridized carbons (Fsp3) is 0.700. The first-order valence-electron chi connectivity index (χ1n) is 10.7. The summed E-state index contributed by atoms with van der Waals surface area (Å²) in [4.78, 5) is 29.2. The molecule has 1 aromatic heterocycles. The van der Waals surface area contributed by atoms with Gasteiger partial charge in [0, 0.05) is 12.7 Å². The number of carbonyl (C=O) groups excluding carboxylic acids is 1. The molecule has 2 fully saturated rings. The van der Waals surface area contributed by atoms with Gasteiger partial charge < -0.3 is 39.4 Å². The second-order valence-corrected chi connectivity index (χ2v) is 8.25. The van der Waals surface area contributed by atoms with E-state index >= 15 is 0 Å². The molecule has 0 aromatic carbocycles. The third-order valence-electron chi connectivity index (χ3n) is 4.99. The predicted molar refractivity (Wildman–Crippen MR) is 110 cm³/mol. The molecule has 1 aromatic rings. The molecule has 2 aliphatic rings. The molecule has 0 bridgehead atoms. The lowest BCUT2D eigenvalue weighted by Crippen LogP contribution is -2.57. The lowest BCUT2D eigenvalue weighted by atomic mass is 9.98. The number of nitrogens with zero attached hydrogens (tertiary/aromatic N) is 2. The number of alkyl halides is 3. The number of fused-ring (bicyclic) bond motifs is 1. The molecule has 0 aliphatic carbocycles. The molecule has 2 aliphatic heterocycles. The molecule has 35 heavy (non-hydrogen) atoms. The number of carboxylic acid groups (broad SMARTS) is 1. The zero-order valence-corrected chi connectivity index (χ0v) is 19.0. The van der Waals surface area contributed by atoms with Crippen LogP contribution in [0, 0.1) is 0 Å². The predicted octanol–water partition coefficient (Wildman–Crippen LogP) is 0.429. The molecule has 3 heterocycles. The monoisotopic (exact) mass is 508 g/mol. The van der Waals surface area contributed by atoms with Crippen LogP contribution in [0.2, 0.25) is 0 Å². The van der Waals surface area contributed by atoms with Gasteiger partial charge in [0.15, 0.2) is 5.79 Å². The first-order valence-corrected chi connectivity index (χ1v) is 10.7. The van der Waals surface area contributed by atoms with E-state index in [9.17, 15) is 22.8 Å². The van der Waals surface area contributed by atoms with Gasteiger partial charge in [-0.25, -0.2) is 14.8 Å². The lowest BCUT2D eigenvalue weighted by Gasteiger charge is -2.37. The van der Waals surface area contributed by atoms with Crippen molar-refractivity contribution in [1.29, 1.82) is 0 Å². The summed E-state index contributed by atoms with van der Waals surface area (Å²) in [6, 6.07) is 0.739. The van der Waals surface area contributed by atoms with Gasteiger partial charge in [-0.1, -0.05) is 0 Å². The molecule has 15 heteroatoms. The average molecular weight is 508 g/mol. The highest BCUT2D eigenvalue weighted by molar-refractivity contribution is 5.77. The molecule has 3 rings (SSSR count). The fourth-order valence-corrected chi connectivity index (χ4v) is 3.60. The van der Waals surface area contributed by atoms with Crippen LogP contribution in [0.5, 0.6) is 0 Å². The Morgan fingerprint density at radius 1 is 1.20 bits per heavy atom. The van der Waals surface area contributed by atoms with Crippen LogP contribution in [0.4, 0.5) is 19.0 Å². The summed E-state index contributed by atoms with van der Waals surface area (Å²) in [5.41, 5.74) is 0. The van der Waals surface area contributed by atoms with Crippen molar-refractivity contribution in [2.75, 3.05) is 44.9 Å². The van der Waals surface area contributed by atoms with Gasteiger partial charge in [0.25, 0.3) is 0 Å². The van der Waals surface area contributed by atoms with Gasteiger partial charge in [-0.3, -0.25) is 4.79 Å². The molecule has 1 amide bonds. The van der Waals surface area contributed by atoms with Gasteiger partial charge >= 0.3 is 12.1 Å². The largest absolute Gasteiger partial charge is 0.480 e. The molecule has 0 unspecified atom stereocenters. The topological polar surface area (TPSA) is 150 Å². The van der Waals surface area contributed by atoms with Gasteiger partial charge in [-0.15, -0.1) is 0 Å². The van der Waals surface area contributed by atoms with Crippen LogP contribution < -0.4 is 10.6 Å². The maximum atomic E-state index is 12.9. The van der Waals surface area contributed by atoms with Crippen LogP contribution in [-0.2, 0) is 39.4 Å². The number of nitrogens with one attached hydrogen (secondary N) is 2. The zero-order chi connectivity index (χ0) is 25.6. The minimum atomic E-state index is -4.68. The van der Waals surface area contributed by atoms with Gasteiger partial charge in [0.1, 0.15) is 37.3 Å². The van der Waals surface area contributed by atoms with E-state index in [4.69, 9.17) is 28.8 Å². The number of anilines is 1. The number of aliphatic carboxylic acids is 1. The van der Waals surface area contributed by atoms with Crippen molar-refractivity contribution in [3.8, 4) is 0 Å². The number of aromatic nitrogens is 2. The Morgan fingerprint density at radius 3 is 2.57 bits per heavy atom. The van der Waals surface area contributed by atoms with Crippen LogP contribution in [0.25, 0.3) is 0 Å². The summed E-state index contributed by atoms with van der Waals surface area (Å²) in [6.45, 7) is 2.89. The second kappa shape index (κ2) is 11.4. The SMILES string of the molecule is CC1(C)O[C@@H]2[C@H](O1)[C@@H](Nc1ccnc(C(F)(F)F)n1)CO[C@@H]2CNC(=O)COCCOCC(=O)O. The minimum absolute atomic E-state index is 0.0283. The maximum absolute atomic E-state index is 12.9. The van der Waals surface area contributed by atoms with Gasteiger partial charge in [-0.2, -0.15) is 13.2 Å². The van der Waals surface area contributed by atoms with Crippen LogP contribution in [0.15, 0.2) is 12.3 Å². The van der Waals surface area contributed by atoms with Crippen LogP contribution in [-0.4, -0.2) is 96.7 Å². The first-order chi connectivity index (χ1) is 16.4. The number of carboxylic acids is 1. The highest BCUT2D eigenvalue weighted by Crippen LogP contribution is 2.36. The van der Waals surface area contributed by atoms with E-state index in [0.29, 0.717) is 0 Å². The minimum Gasteiger partial charge on any atom is -0.480 e. The Hall–Kier alpha value is -2.59. The molecular formula is C20H27F3N4O8. The Kier molecular flexibility index (Phi) is 8.82. The van der Waals surface area contributed by atoms with E-state index in [1.807, 2.05) is 0 Å². The van der Waals surface area contributed by atoms with Crippen molar-refractivity contribution in [1.82, 2.24) is 15.3 Å². The second-order valence-electron chi connectivity index (χ2n) is 8.25. The number of ether oxygens (including phenoxy) is 5. The van der Waals surface area contributed by atoms with E-state index < -0.39 is 60.6 Å². The number of carbonyl (C=O) groups is 2. The van der Waals surface area contributed by atoms with Crippen molar-refractivity contribution in [3.05, 3.63) is 18.1 Å². The van der Waals surface area contributed by atoms with E-state index in [1.54, 1.807) is 13.8 Å². The summed E-state index contributed by atoms with van der Waals surface area (Å²) in [5, 5.41) is 14.0. The Bertz CT molecular complexity index is 888. The third-order valence-corrected chi connectivity index (χ3v) is 4.99. The molecule has 0 saturated carbocycles. The van der Waals surface area contributed by atoms with Crippen LogP contribution in [0.1, 0.15) is 19.7 Å². The number of rotatable bonds is 11. The number of hydrogen-bond donors (Lipinski definition) is 3. The quantitative estimate of drug-likeness (QED) is 0.357. The van der Waals surface area contributed by atoms with Gasteiger partial charge in [-0.05, 0) is 19.9 Å². The molecule has 12 nitrogen and oxygen atoms in total.